The van der Waals surface area contributed by atoms with Gasteiger partial charge in [0.2, 0.25) is 0 Å². The Morgan fingerprint density at radius 1 is 1.04 bits per heavy atom. The number of hydrazine groups is 1. The third kappa shape index (κ3) is 6.13. The Labute approximate surface area is 286 Å². The van der Waals surface area contributed by atoms with E-state index in [1.807, 2.05) is 32.1 Å². The number of carbonyl (C=O) groups excluding carboxylic acids is 1. The molecule has 0 amide bonds. The summed E-state index contributed by atoms with van der Waals surface area (Å²) in [4.78, 5) is 29.5. The number of fused-ring (bicyclic) bond motifs is 1. The van der Waals surface area contributed by atoms with Gasteiger partial charge < -0.3 is 0 Å². The van der Waals surface area contributed by atoms with Crippen LogP contribution in [-0.4, -0.2) is 15.1 Å². The van der Waals surface area contributed by atoms with Crippen molar-refractivity contribution in [2.45, 2.75) is 130 Å². The van der Waals surface area contributed by atoms with Crippen LogP contribution in [0.15, 0.2) is 75.3 Å². The molecule has 48 heavy (non-hydrogen) atoms. The summed E-state index contributed by atoms with van der Waals surface area (Å²) in [5, 5.41) is 8.35. The number of carbonyl (C=O) groups is 1. The van der Waals surface area contributed by atoms with Gasteiger partial charge in [-0.05, 0) is 80.1 Å². The number of unbranched alkanes of at least 4 members (excludes halogenated alkanes) is 1. The van der Waals surface area contributed by atoms with Crippen molar-refractivity contribution in [1.82, 2.24) is 20.3 Å². The third-order valence-electron chi connectivity index (χ3n) is 11.2. The van der Waals surface area contributed by atoms with Gasteiger partial charge in [0.1, 0.15) is 0 Å². The molecule has 0 bridgehead atoms. The summed E-state index contributed by atoms with van der Waals surface area (Å²) < 4.78 is 4.38. The Morgan fingerprint density at radius 2 is 1.77 bits per heavy atom. The average Bonchev–Trinajstić information content (AvgIpc) is 3.65. The van der Waals surface area contributed by atoms with E-state index in [-0.39, 0.29) is 22.8 Å². The fourth-order valence-corrected chi connectivity index (χ4v) is 8.72. The van der Waals surface area contributed by atoms with Crippen molar-refractivity contribution in [3.05, 3.63) is 92.9 Å². The highest BCUT2D eigenvalue weighted by atomic mass is 16.1. The molecule has 2 aromatic carbocycles. The summed E-state index contributed by atoms with van der Waals surface area (Å²) >= 11 is 0. The zero-order chi connectivity index (χ0) is 34.1. The second-order valence-electron chi connectivity index (χ2n) is 15.4. The van der Waals surface area contributed by atoms with Crippen LogP contribution in [0.3, 0.4) is 0 Å². The first-order valence-corrected chi connectivity index (χ1v) is 18.2. The molecule has 1 aromatic heterocycles. The van der Waals surface area contributed by atoms with Crippen LogP contribution >= 0.6 is 0 Å². The molecule has 2 unspecified atom stereocenters. The smallest absolute Gasteiger partial charge is 0.270 e. The van der Waals surface area contributed by atoms with Gasteiger partial charge in [0, 0.05) is 29.8 Å². The molecule has 2 atom stereocenters. The highest BCUT2D eigenvalue weighted by molar-refractivity contribution is 6.01. The Kier molecular flexibility index (Phi) is 9.67. The predicted molar refractivity (Wildman–Crippen MR) is 192 cm³/mol. The average molecular weight is 651 g/mol. The van der Waals surface area contributed by atoms with E-state index in [9.17, 15) is 9.59 Å². The first-order valence-electron chi connectivity index (χ1n) is 18.2. The van der Waals surface area contributed by atoms with Crippen molar-refractivity contribution in [3.63, 3.8) is 0 Å². The molecule has 6 rings (SSSR count). The molecule has 0 radical (unpaired) electrons. The number of nitrogens with one attached hydrogen (secondary N) is 2. The second kappa shape index (κ2) is 13.6. The van der Waals surface area contributed by atoms with Crippen LogP contribution in [0.1, 0.15) is 128 Å². The van der Waals surface area contributed by atoms with E-state index < -0.39 is 11.1 Å². The molecule has 1 aliphatic carbocycles. The van der Waals surface area contributed by atoms with Gasteiger partial charge in [0.25, 0.3) is 5.56 Å². The Morgan fingerprint density at radius 3 is 2.42 bits per heavy atom. The third-order valence-corrected chi connectivity index (χ3v) is 11.2. The van der Waals surface area contributed by atoms with E-state index in [0.29, 0.717) is 6.42 Å². The maximum absolute atomic E-state index is 14.8. The number of hydrogen-bond donors (Lipinski definition) is 2. The van der Waals surface area contributed by atoms with E-state index in [1.165, 1.54) is 5.69 Å². The van der Waals surface area contributed by atoms with Gasteiger partial charge in [-0.25, -0.2) is 10.2 Å². The Hall–Kier alpha value is -3.78. The summed E-state index contributed by atoms with van der Waals surface area (Å²) in [5.41, 5.74) is 11.9. The van der Waals surface area contributed by atoms with Crippen LogP contribution in [-0.2, 0) is 29.8 Å². The quantitative estimate of drug-likeness (QED) is 0.215. The second-order valence-corrected chi connectivity index (χ2v) is 15.4. The molecule has 3 aromatic rings. The SMILES string of the molecule is CC=C(C(=O)C1(C2CCCn3c(CCCC)c(Cc4ccc(-c5ccccc5C5(C)N=NNN5)cc4)c(=O)n32)CCCCC1)C(C)(C)C. The van der Waals surface area contributed by atoms with E-state index in [0.717, 1.165) is 104 Å². The molecule has 2 aliphatic heterocycles. The maximum atomic E-state index is 14.8. The monoisotopic (exact) mass is 650 g/mol. The molecule has 1 saturated carbocycles. The normalized spacial score (nSPS) is 22.4. The standard InChI is InChI=1S/C40H54N6O2/c1-7-9-18-34-31(27-28-20-22-29(23-21-28)30-16-11-12-17-33(30)39(6)41-43-44-42-39)37(48)46-35(19-15-26-45(34)46)40(24-13-10-14-25-40)36(47)32(8-2)38(3,4)5/h8,11-12,16-17,20-23,35H,7,9-10,13-15,18-19,24-27H2,1-6H3,(H,41,44)(H,42,43). The van der Waals surface area contributed by atoms with Crippen LogP contribution < -0.4 is 16.5 Å². The zero-order valence-electron chi connectivity index (χ0n) is 29.9. The van der Waals surface area contributed by atoms with Gasteiger partial charge in [-0.2, -0.15) is 5.43 Å². The van der Waals surface area contributed by atoms with Crippen molar-refractivity contribution in [2.75, 3.05) is 0 Å². The highest BCUT2D eigenvalue weighted by Crippen LogP contribution is 2.51. The van der Waals surface area contributed by atoms with Crippen LogP contribution in [0.5, 0.6) is 0 Å². The molecular formula is C40H54N6O2. The topological polar surface area (TPSA) is 92.8 Å². The summed E-state index contributed by atoms with van der Waals surface area (Å²) in [7, 11) is 0. The Balaban J connectivity index is 1.39. The number of aromatic nitrogens is 2. The van der Waals surface area contributed by atoms with E-state index >= 15 is 0 Å². The number of rotatable bonds is 10. The number of hydrogen-bond acceptors (Lipinski definition) is 6. The van der Waals surface area contributed by atoms with Crippen molar-refractivity contribution in [1.29, 1.82) is 0 Å². The predicted octanol–water partition coefficient (Wildman–Crippen LogP) is 8.74. The van der Waals surface area contributed by atoms with Crippen LogP contribution in [0.2, 0.25) is 0 Å². The van der Waals surface area contributed by atoms with E-state index in [1.54, 1.807) is 0 Å². The van der Waals surface area contributed by atoms with Crippen molar-refractivity contribution < 1.29 is 4.79 Å². The molecular weight excluding hydrogens is 596 g/mol. The number of Topliss-reactive ketones (excluding diaryl/α,β-unsaturated/α-hetero) is 1. The Bertz CT molecular complexity index is 1750. The molecule has 8 nitrogen and oxygen atoms in total. The van der Waals surface area contributed by atoms with Crippen LogP contribution in [0, 0.1) is 10.8 Å². The molecule has 0 saturated heterocycles. The number of nitrogens with zero attached hydrogens (tertiary/aromatic N) is 4. The van der Waals surface area contributed by atoms with Crippen LogP contribution in [0.25, 0.3) is 11.1 Å². The molecule has 256 valence electrons. The van der Waals surface area contributed by atoms with Crippen molar-refractivity contribution in [3.8, 4) is 11.1 Å². The maximum Gasteiger partial charge on any atom is 0.270 e. The van der Waals surface area contributed by atoms with Gasteiger partial charge in [-0.1, -0.05) is 113 Å². The van der Waals surface area contributed by atoms with Gasteiger partial charge in [-0.3, -0.25) is 14.3 Å². The number of allylic oxidation sites excluding steroid dienone is 2. The van der Waals surface area contributed by atoms with E-state index in [2.05, 4.69) is 94.8 Å². The number of ketones is 1. The summed E-state index contributed by atoms with van der Waals surface area (Å²) in [6.45, 7) is 13.5. The van der Waals surface area contributed by atoms with Gasteiger partial charge in [-0.15, -0.1) is 5.11 Å². The molecule has 8 heteroatoms. The first kappa shape index (κ1) is 34.1. The molecule has 2 N–H and O–H groups in total. The zero-order valence-corrected chi connectivity index (χ0v) is 29.9. The lowest BCUT2D eigenvalue weighted by Crippen LogP contribution is -2.49. The largest absolute Gasteiger partial charge is 0.294 e. The van der Waals surface area contributed by atoms with Gasteiger partial charge in [0.05, 0.1) is 11.5 Å². The van der Waals surface area contributed by atoms with Gasteiger partial charge in [0.15, 0.2) is 11.4 Å². The minimum absolute atomic E-state index is 0.105. The fourth-order valence-electron chi connectivity index (χ4n) is 8.72. The summed E-state index contributed by atoms with van der Waals surface area (Å²) in [6, 6.07) is 16.8. The summed E-state index contributed by atoms with van der Waals surface area (Å²) in [6.07, 6.45) is 12.4. The number of benzene rings is 2. The van der Waals surface area contributed by atoms with E-state index in [4.69, 9.17) is 0 Å². The minimum atomic E-state index is -0.655. The lowest BCUT2D eigenvalue weighted by molar-refractivity contribution is -0.132. The first-order chi connectivity index (χ1) is 23.0. The highest BCUT2D eigenvalue weighted by Gasteiger charge is 2.51. The van der Waals surface area contributed by atoms with Crippen LogP contribution in [0.4, 0.5) is 0 Å². The van der Waals surface area contributed by atoms with Gasteiger partial charge >= 0.3 is 0 Å². The lowest BCUT2D eigenvalue weighted by atomic mass is 9.61. The molecule has 3 heterocycles. The van der Waals surface area contributed by atoms with Crippen molar-refractivity contribution >= 4 is 5.78 Å². The molecule has 1 fully saturated rings. The fraction of sp³-hybridized carbons (Fsp3) is 0.550. The molecule has 0 spiro atoms. The van der Waals surface area contributed by atoms with Crippen molar-refractivity contribution in [2.24, 2.45) is 21.2 Å². The minimum Gasteiger partial charge on any atom is -0.294 e. The molecule has 3 aliphatic rings. The lowest BCUT2D eigenvalue weighted by Gasteiger charge is -2.46. The summed E-state index contributed by atoms with van der Waals surface area (Å²) in [5.74, 6) is 0.273.